The molecule has 0 saturated carbocycles. The average Bonchev–Trinajstić information content (AvgIpc) is 2.18. The van der Waals surface area contributed by atoms with Crippen molar-refractivity contribution in [3.05, 3.63) is 35.9 Å². The number of aliphatic imine (C=N–C) groups is 1. The molecule has 1 rings (SSSR count). The van der Waals surface area contributed by atoms with Crippen molar-refractivity contribution in [1.82, 2.24) is 0 Å². The number of aliphatic hydroxyl groups excluding tert-OH is 1. The van der Waals surface area contributed by atoms with E-state index in [4.69, 9.17) is 10.2 Å². The highest BCUT2D eigenvalue weighted by molar-refractivity contribution is 5.83. The van der Waals surface area contributed by atoms with E-state index in [9.17, 15) is 4.79 Å². The van der Waals surface area contributed by atoms with Gasteiger partial charge in [0.2, 0.25) is 0 Å². The number of hydrogen-bond acceptors (Lipinski definition) is 3. The second kappa shape index (κ2) is 5.26. The molecule has 0 aliphatic heterocycles. The Bertz CT molecular complexity index is 346. The number of nitrogens with zero attached hydrogens (tertiary/aromatic N) is 1. The molecule has 4 nitrogen and oxygen atoms in total. The molecule has 0 unspecified atom stereocenters. The Morgan fingerprint density at radius 3 is 2.47 bits per heavy atom. The van der Waals surface area contributed by atoms with Crippen molar-refractivity contribution in [2.45, 2.75) is 19.1 Å². The van der Waals surface area contributed by atoms with Crippen molar-refractivity contribution in [3.8, 4) is 0 Å². The number of carboxylic acid groups (broad SMARTS) is 1. The van der Waals surface area contributed by atoms with Crippen LogP contribution in [0, 0.1) is 0 Å². The number of aliphatic carboxylic acids is 1. The molecule has 0 aromatic heterocycles. The third-order valence-electron chi connectivity index (χ3n) is 1.89. The van der Waals surface area contributed by atoms with Crippen LogP contribution in [-0.2, 0) is 4.79 Å². The van der Waals surface area contributed by atoms with Gasteiger partial charge in [0.15, 0.2) is 6.04 Å². The number of carbonyl (C=O) groups is 1. The zero-order valence-corrected chi connectivity index (χ0v) is 8.37. The number of benzene rings is 1. The van der Waals surface area contributed by atoms with Crippen LogP contribution in [0.1, 0.15) is 12.5 Å². The van der Waals surface area contributed by atoms with Gasteiger partial charge >= 0.3 is 5.97 Å². The van der Waals surface area contributed by atoms with Crippen LogP contribution in [0.25, 0.3) is 0 Å². The van der Waals surface area contributed by atoms with E-state index in [1.807, 2.05) is 30.3 Å². The highest BCUT2D eigenvalue weighted by Crippen LogP contribution is 2.01. The number of carboxylic acids is 1. The summed E-state index contributed by atoms with van der Waals surface area (Å²) in [5.74, 6) is -1.13. The minimum absolute atomic E-state index is 0.810. The molecule has 1 aromatic carbocycles. The fourth-order valence-electron chi connectivity index (χ4n) is 1.10. The summed E-state index contributed by atoms with van der Waals surface area (Å²) in [6.07, 6.45) is 0.452. The zero-order valence-electron chi connectivity index (χ0n) is 8.37. The SMILES string of the molecule is C[C@@H](O)[C@H](N=Cc1ccccc1)C(=O)O. The molecule has 0 aliphatic rings. The molecule has 2 atom stereocenters. The van der Waals surface area contributed by atoms with E-state index in [1.54, 1.807) is 0 Å². The van der Waals surface area contributed by atoms with E-state index < -0.39 is 18.1 Å². The maximum absolute atomic E-state index is 10.7. The predicted octanol–water partition coefficient (Wildman–Crippen LogP) is 0.940. The fourth-order valence-corrected chi connectivity index (χ4v) is 1.10. The molecule has 4 heteroatoms. The topological polar surface area (TPSA) is 69.9 Å². The standard InChI is InChI=1S/C11H13NO3/c1-8(13)10(11(14)15)12-7-9-5-3-2-4-6-9/h2-8,10,13H,1H3,(H,14,15)/t8-,10+/m1/s1. The Balaban J connectivity index is 2.75. The Kier molecular flexibility index (Phi) is 4.00. The maximum Gasteiger partial charge on any atom is 0.331 e. The van der Waals surface area contributed by atoms with E-state index in [0.717, 1.165) is 5.56 Å². The van der Waals surface area contributed by atoms with Crippen LogP contribution in [0.5, 0.6) is 0 Å². The summed E-state index contributed by atoms with van der Waals surface area (Å²) in [7, 11) is 0. The number of rotatable bonds is 4. The van der Waals surface area contributed by atoms with Gasteiger partial charge in [-0.1, -0.05) is 30.3 Å². The summed E-state index contributed by atoms with van der Waals surface area (Å²) in [5, 5.41) is 17.9. The summed E-state index contributed by atoms with van der Waals surface area (Å²) < 4.78 is 0. The number of hydrogen-bond donors (Lipinski definition) is 2. The molecule has 15 heavy (non-hydrogen) atoms. The highest BCUT2D eigenvalue weighted by Gasteiger charge is 2.20. The zero-order chi connectivity index (χ0) is 11.3. The Labute approximate surface area is 87.9 Å². The van der Waals surface area contributed by atoms with Crippen LogP contribution in [0.15, 0.2) is 35.3 Å². The van der Waals surface area contributed by atoms with E-state index in [0.29, 0.717) is 0 Å². The van der Waals surface area contributed by atoms with Crippen molar-refractivity contribution in [2.24, 2.45) is 4.99 Å². The third-order valence-corrected chi connectivity index (χ3v) is 1.89. The first-order chi connectivity index (χ1) is 7.11. The van der Waals surface area contributed by atoms with Crippen molar-refractivity contribution in [1.29, 1.82) is 0 Å². The average molecular weight is 207 g/mol. The maximum atomic E-state index is 10.7. The van der Waals surface area contributed by atoms with Gasteiger partial charge in [-0.25, -0.2) is 4.79 Å². The summed E-state index contributed by atoms with van der Waals surface area (Å²) in [4.78, 5) is 14.5. The minimum Gasteiger partial charge on any atom is -0.480 e. The molecular weight excluding hydrogens is 194 g/mol. The summed E-state index contributed by atoms with van der Waals surface area (Å²) >= 11 is 0. The van der Waals surface area contributed by atoms with Gasteiger partial charge in [0, 0.05) is 6.21 Å². The van der Waals surface area contributed by atoms with Gasteiger partial charge in [0.05, 0.1) is 6.10 Å². The Morgan fingerprint density at radius 1 is 1.40 bits per heavy atom. The first-order valence-corrected chi connectivity index (χ1v) is 4.60. The Morgan fingerprint density at radius 2 is 2.00 bits per heavy atom. The van der Waals surface area contributed by atoms with Gasteiger partial charge < -0.3 is 10.2 Å². The van der Waals surface area contributed by atoms with E-state index >= 15 is 0 Å². The lowest BCUT2D eigenvalue weighted by molar-refractivity contribution is -0.140. The lowest BCUT2D eigenvalue weighted by Crippen LogP contribution is -2.29. The first-order valence-electron chi connectivity index (χ1n) is 4.60. The van der Waals surface area contributed by atoms with Crippen LogP contribution in [0.3, 0.4) is 0 Å². The highest BCUT2D eigenvalue weighted by atomic mass is 16.4. The molecule has 0 amide bonds. The largest absolute Gasteiger partial charge is 0.480 e. The molecule has 0 aliphatic carbocycles. The van der Waals surface area contributed by atoms with Gasteiger partial charge in [0.25, 0.3) is 0 Å². The molecule has 80 valence electrons. The number of aliphatic hydroxyl groups is 1. The summed E-state index contributed by atoms with van der Waals surface area (Å²) in [5.41, 5.74) is 0.810. The van der Waals surface area contributed by atoms with Crippen molar-refractivity contribution in [3.63, 3.8) is 0 Å². The molecule has 1 aromatic rings. The second-order valence-electron chi connectivity index (χ2n) is 3.21. The first kappa shape index (κ1) is 11.4. The summed E-state index contributed by atoms with van der Waals surface area (Å²) in [6, 6.07) is 8.04. The summed E-state index contributed by atoms with van der Waals surface area (Å²) in [6.45, 7) is 1.40. The molecular formula is C11H13NO3. The van der Waals surface area contributed by atoms with Crippen LogP contribution < -0.4 is 0 Å². The van der Waals surface area contributed by atoms with Crippen LogP contribution in [0.4, 0.5) is 0 Å². The van der Waals surface area contributed by atoms with Gasteiger partial charge in [-0.3, -0.25) is 4.99 Å². The lowest BCUT2D eigenvalue weighted by Gasteiger charge is -2.09. The molecule has 0 fully saturated rings. The lowest BCUT2D eigenvalue weighted by atomic mass is 10.2. The van der Waals surface area contributed by atoms with Crippen molar-refractivity contribution >= 4 is 12.2 Å². The molecule has 0 spiro atoms. The van der Waals surface area contributed by atoms with Gasteiger partial charge in [-0.15, -0.1) is 0 Å². The monoisotopic (exact) mass is 207 g/mol. The second-order valence-corrected chi connectivity index (χ2v) is 3.21. The molecule has 0 heterocycles. The molecule has 2 N–H and O–H groups in total. The molecule has 0 bridgehead atoms. The molecule has 0 radical (unpaired) electrons. The van der Waals surface area contributed by atoms with Gasteiger partial charge in [0.1, 0.15) is 0 Å². The predicted molar refractivity (Wildman–Crippen MR) is 57.1 cm³/mol. The van der Waals surface area contributed by atoms with Crippen LogP contribution in [0.2, 0.25) is 0 Å². The quantitative estimate of drug-likeness (QED) is 0.722. The van der Waals surface area contributed by atoms with E-state index in [1.165, 1.54) is 13.1 Å². The van der Waals surface area contributed by atoms with E-state index in [-0.39, 0.29) is 0 Å². The van der Waals surface area contributed by atoms with Gasteiger partial charge in [-0.2, -0.15) is 0 Å². The fraction of sp³-hybridized carbons (Fsp3) is 0.273. The third kappa shape index (κ3) is 3.52. The van der Waals surface area contributed by atoms with Crippen molar-refractivity contribution < 1.29 is 15.0 Å². The van der Waals surface area contributed by atoms with Crippen LogP contribution in [-0.4, -0.2) is 34.5 Å². The van der Waals surface area contributed by atoms with Crippen LogP contribution >= 0.6 is 0 Å². The van der Waals surface area contributed by atoms with Crippen molar-refractivity contribution in [2.75, 3.05) is 0 Å². The Hall–Kier alpha value is -1.68. The normalized spacial score (nSPS) is 15.1. The van der Waals surface area contributed by atoms with E-state index in [2.05, 4.69) is 4.99 Å². The smallest absolute Gasteiger partial charge is 0.331 e. The van der Waals surface area contributed by atoms with Gasteiger partial charge in [-0.05, 0) is 12.5 Å². The minimum atomic E-state index is -1.13. The molecule has 0 saturated heterocycles.